The van der Waals surface area contributed by atoms with E-state index in [1.165, 1.54) is 0 Å². The summed E-state index contributed by atoms with van der Waals surface area (Å²) in [5.41, 5.74) is 0.388. The average Bonchev–Trinajstić information content (AvgIpc) is 2.28. The minimum absolute atomic E-state index is 0.106. The van der Waals surface area contributed by atoms with Crippen molar-refractivity contribution in [1.82, 2.24) is 5.32 Å². The number of rotatable bonds is 1. The average molecular weight is 244 g/mol. The van der Waals surface area contributed by atoms with Crippen molar-refractivity contribution in [3.8, 4) is 17.2 Å². The van der Waals surface area contributed by atoms with Crippen LogP contribution in [0.3, 0.4) is 0 Å². The monoisotopic (exact) mass is 243 g/mol. The van der Waals surface area contributed by atoms with Gasteiger partial charge in [0, 0.05) is 17.7 Å². The zero-order chi connectivity index (χ0) is 11.7. The van der Waals surface area contributed by atoms with Gasteiger partial charge in [0.1, 0.15) is 5.75 Å². The number of phenolic OH excluding ortho intramolecular Hbond substituents is 3. The van der Waals surface area contributed by atoms with Gasteiger partial charge in [0.15, 0.2) is 11.5 Å². The van der Waals surface area contributed by atoms with E-state index in [-0.39, 0.29) is 28.3 Å². The lowest BCUT2D eigenvalue weighted by Crippen LogP contribution is -2.27. The van der Waals surface area contributed by atoms with Crippen LogP contribution >= 0.6 is 11.6 Å². The SMILES string of the molecule is Oc1cc(O)c(Cl)c(C2CCCCN2)c1O. The molecule has 1 atom stereocenters. The van der Waals surface area contributed by atoms with Crippen LogP contribution in [0.1, 0.15) is 30.9 Å². The summed E-state index contributed by atoms with van der Waals surface area (Å²) in [6.07, 6.45) is 2.94. The summed E-state index contributed by atoms with van der Waals surface area (Å²) in [6.45, 7) is 0.844. The van der Waals surface area contributed by atoms with Crippen LogP contribution < -0.4 is 5.32 Å². The van der Waals surface area contributed by atoms with Gasteiger partial charge in [-0.25, -0.2) is 0 Å². The number of piperidine rings is 1. The molecule has 88 valence electrons. The Kier molecular flexibility index (Phi) is 3.12. The van der Waals surface area contributed by atoms with Crippen LogP contribution in [-0.4, -0.2) is 21.9 Å². The number of nitrogens with one attached hydrogen (secondary N) is 1. The molecule has 0 bridgehead atoms. The first-order valence-electron chi connectivity index (χ1n) is 5.28. The molecule has 16 heavy (non-hydrogen) atoms. The number of phenols is 3. The smallest absolute Gasteiger partial charge is 0.164 e. The van der Waals surface area contributed by atoms with Gasteiger partial charge in [-0.2, -0.15) is 0 Å². The molecule has 1 aliphatic heterocycles. The summed E-state index contributed by atoms with van der Waals surface area (Å²) < 4.78 is 0. The van der Waals surface area contributed by atoms with Gasteiger partial charge in [-0.15, -0.1) is 0 Å². The molecule has 4 N–H and O–H groups in total. The molecular weight excluding hydrogens is 230 g/mol. The van der Waals surface area contributed by atoms with E-state index >= 15 is 0 Å². The van der Waals surface area contributed by atoms with Gasteiger partial charge in [-0.1, -0.05) is 18.0 Å². The lowest BCUT2D eigenvalue weighted by Gasteiger charge is -2.25. The molecule has 1 aliphatic rings. The van der Waals surface area contributed by atoms with Gasteiger partial charge in [0.2, 0.25) is 0 Å². The lowest BCUT2D eigenvalue weighted by atomic mass is 9.96. The highest BCUT2D eigenvalue weighted by Gasteiger charge is 2.24. The van der Waals surface area contributed by atoms with Gasteiger partial charge in [-0.3, -0.25) is 0 Å². The number of hydrogen-bond acceptors (Lipinski definition) is 4. The molecule has 0 spiro atoms. The second kappa shape index (κ2) is 4.39. The van der Waals surface area contributed by atoms with Gasteiger partial charge in [-0.05, 0) is 19.4 Å². The standard InChI is InChI=1S/C11H14ClNO3/c12-10-7(14)5-8(15)11(16)9(10)6-3-1-2-4-13-6/h5-6,13-16H,1-4H2. The molecule has 1 fully saturated rings. The Bertz CT molecular complexity index is 376. The van der Waals surface area contributed by atoms with Crippen molar-refractivity contribution in [3.63, 3.8) is 0 Å². The topological polar surface area (TPSA) is 72.7 Å². The van der Waals surface area contributed by atoms with Gasteiger partial charge >= 0.3 is 0 Å². The van der Waals surface area contributed by atoms with Gasteiger partial charge in [0.05, 0.1) is 5.02 Å². The third kappa shape index (κ3) is 1.90. The van der Waals surface area contributed by atoms with E-state index in [0.717, 1.165) is 31.9 Å². The van der Waals surface area contributed by atoms with Crippen molar-refractivity contribution >= 4 is 11.6 Å². The first-order valence-corrected chi connectivity index (χ1v) is 5.65. The maximum Gasteiger partial charge on any atom is 0.164 e. The van der Waals surface area contributed by atoms with Gasteiger partial charge in [0.25, 0.3) is 0 Å². The second-order valence-electron chi connectivity index (χ2n) is 3.99. The zero-order valence-electron chi connectivity index (χ0n) is 8.70. The summed E-state index contributed by atoms with van der Waals surface area (Å²) in [4.78, 5) is 0. The second-order valence-corrected chi connectivity index (χ2v) is 4.37. The summed E-state index contributed by atoms with van der Waals surface area (Å²) in [5, 5.41) is 32.0. The third-order valence-electron chi connectivity index (χ3n) is 2.89. The van der Waals surface area contributed by atoms with E-state index in [1.807, 2.05) is 0 Å². The van der Waals surface area contributed by atoms with Crippen molar-refractivity contribution < 1.29 is 15.3 Å². The summed E-state index contributed by atoms with van der Waals surface area (Å²) in [6, 6.07) is 0.934. The number of halogens is 1. The van der Waals surface area contributed by atoms with Crippen LogP contribution in [0.4, 0.5) is 0 Å². The lowest BCUT2D eigenvalue weighted by molar-refractivity contribution is 0.364. The number of benzene rings is 1. The molecule has 4 nitrogen and oxygen atoms in total. The molecule has 0 saturated carbocycles. The summed E-state index contributed by atoms with van der Waals surface area (Å²) in [5.74, 6) is -0.800. The Morgan fingerprint density at radius 1 is 1.19 bits per heavy atom. The van der Waals surface area contributed by atoms with E-state index in [2.05, 4.69) is 5.32 Å². The van der Waals surface area contributed by atoms with E-state index in [1.54, 1.807) is 0 Å². The Hall–Kier alpha value is -1.13. The Labute approximate surface area is 98.5 Å². The fourth-order valence-electron chi connectivity index (χ4n) is 2.06. The van der Waals surface area contributed by atoms with Crippen molar-refractivity contribution in [2.45, 2.75) is 25.3 Å². The Balaban J connectivity index is 2.45. The normalized spacial score (nSPS) is 20.9. The molecule has 5 heteroatoms. The number of hydrogen-bond donors (Lipinski definition) is 4. The summed E-state index contributed by atoms with van der Waals surface area (Å²) >= 11 is 5.94. The maximum absolute atomic E-state index is 9.77. The van der Waals surface area contributed by atoms with Crippen LogP contribution in [0, 0.1) is 0 Å². The highest BCUT2D eigenvalue weighted by Crippen LogP contribution is 2.45. The molecule has 0 amide bonds. The molecule has 1 aromatic rings. The molecule has 1 aromatic carbocycles. The Morgan fingerprint density at radius 3 is 2.56 bits per heavy atom. The molecule has 0 aliphatic carbocycles. The maximum atomic E-state index is 9.77. The quantitative estimate of drug-likeness (QED) is 0.451. The molecule has 1 heterocycles. The van der Waals surface area contributed by atoms with Crippen LogP contribution in [0.2, 0.25) is 5.02 Å². The van der Waals surface area contributed by atoms with Gasteiger partial charge < -0.3 is 20.6 Å². The largest absolute Gasteiger partial charge is 0.506 e. The molecule has 0 aromatic heterocycles. The van der Waals surface area contributed by atoms with E-state index < -0.39 is 0 Å². The predicted octanol–water partition coefficient (Wildman–Crippen LogP) is 2.27. The first kappa shape index (κ1) is 11.4. The third-order valence-corrected chi connectivity index (χ3v) is 3.29. The molecule has 2 rings (SSSR count). The van der Waals surface area contributed by atoms with Crippen molar-refractivity contribution in [2.24, 2.45) is 0 Å². The molecular formula is C11H14ClNO3. The van der Waals surface area contributed by atoms with Crippen LogP contribution in [0.5, 0.6) is 17.2 Å². The van der Waals surface area contributed by atoms with Crippen molar-refractivity contribution in [1.29, 1.82) is 0 Å². The van der Waals surface area contributed by atoms with Crippen molar-refractivity contribution in [2.75, 3.05) is 6.54 Å². The highest BCUT2D eigenvalue weighted by atomic mass is 35.5. The zero-order valence-corrected chi connectivity index (χ0v) is 9.46. The Morgan fingerprint density at radius 2 is 1.94 bits per heavy atom. The fourth-order valence-corrected chi connectivity index (χ4v) is 2.33. The minimum Gasteiger partial charge on any atom is -0.506 e. The van der Waals surface area contributed by atoms with Crippen molar-refractivity contribution in [3.05, 3.63) is 16.7 Å². The van der Waals surface area contributed by atoms with Crippen LogP contribution in [0.25, 0.3) is 0 Å². The number of aromatic hydroxyl groups is 3. The molecule has 0 radical (unpaired) electrons. The van der Waals surface area contributed by atoms with E-state index in [9.17, 15) is 15.3 Å². The summed E-state index contributed by atoms with van der Waals surface area (Å²) in [7, 11) is 0. The highest BCUT2D eigenvalue weighted by molar-refractivity contribution is 6.33. The van der Waals surface area contributed by atoms with E-state index in [0.29, 0.717) is 5.56 Å². The van der Waals surface area contributed by atoms with Crippen LogP contribution in [-0.2, 0) is 0 Å². The molecule has 1 saturated heterocycles. The molecule has 1 unspecified atom stereocenters. The van der Waals surface area contributed by atoms with E-state index in [4.69, 9.17) is 11.6 Å². The minimum atomic E-state index is -0.343. The predicted molar refractivity (Wildman–Crippen MR) is 61.0 cm³/mol. The first-order chi connectivity index (χ1) is 7.61. The fraction of sp³-hybridized carbons (Fsp3) is 0.455. The van der Waals surface area contributed by atoms with Crippen LogP contribution in [0.15, 0.2) is 6.07 Å².